The number of nitrogens with zero attached hydrogens (tertiary/aromatic N) is 3. The molecule has 5 rings (SSSR count). The summed E-state index contributed by atoms with van der Waals surface area (Å²) in [6.45, 7) is 0.287. The van der Waals surface area contributed by atoms with Gasteiger partial charge in [-0.2, -0.15) is 5.10 Å². The van der Waals surface area contributed by atoms with Gasteiger partial charge >= 0.3 is 0 Å². The number of imide groups is 1. The van der Waals surface area contributed by atoms with Crippen LogP contribution in [0, 0.1) is 17.7 Å². The molecule has 8 heteroatoms. The number of fused-ring (bicyclic) bond motifs is 5. The van der Waals surface area contributed by atoms with Crippen molar-refractivity contribution >= 4 is 29.2 Å². The van der Waals surface area contributed by atoms with E-state index in [-0.39, 0.29) is 47.2 Å². The highest BCUT2D eigenvalue weighted by atomic mass is 35.5. The molecule has 0 radical (unpaired) electrons. The summed E-state index contributed by atoms with van der Waals surface area (Å²) in [5.41, 5.74) is 0.707. The van der Waals surface area contributed by atoms with Crippen molar-refractivity contribution in [3.8, 4) is 0 Å². The van der Waals surface area contributed by atoms with Gasteiger partial charge in [0.1, 0.15) is 10.8 Å². The van der Waals surface area contributed by atoms with Crippen LogP contribution in [0.15, 0.2) is 30.5 Å². The number of aromatic nitrogens is 2. The summed E-state index contributed by atoms with van der Waals surface area (Å²) >= 11 is 6.26. The molecule has 0 spiro atoms. The summed E-state index contributed by atoms with van der Waals surface area (Å²) in [6.07, 6.45) is 2.79. The van der Waals surface area contributed by atoms with Gasteiger partial charge in [-0.05, 0) is 30.5 Å². The fraction of sp³-hybridized carbons (Fsp3) is 0.389. The molecular weight excluding hydrogens is 361 g/mol. The van der Waals surface area contributed by atoms with Gasteiger partial charge in [-0.15, -0.1) is 0 Å². The summed E-state index contributed by atoms with van der Waals surface area (Å²) in [5, 5.41) is 4.54. The van der Waals surface area contributed by atoms with Crippen LogP contribution >= 0.6 is 11.6 Å². The lowest BCUT2D eigenvalue weighted by Crippen LogP contribution is -2.34. The summed E-state index contributed by atoms with van der Waals surface area (Å²) in [6, 6.07) is 6.15. The first-order valence-electron chi connectivity index (χ1n) is 8.53. The van der Waals surface area contributed by atoms with Crippen molar-refractivity contribution in [2.45, 2.75) is 31.6 Å². The molecule has 3 aliphatic heterocycles. The maximum absolute atomic E-state index is 13.3. The number of halogens is 2. The normalized spacial score (nSPS) is 29.7. The van der Waals surface area contributed by atoms with Crippen LogP contribution < -0.4 is 4.90 Å². The second kappa shape index (κ2) is 5.62. The maximum atomic E-state index is 13.3. The number of rotatable bonds is 3. The molecule has 0 saturated carbocycles. The lowest BCUT2D eigenvalue weighted by atomic mass is 9.81. The Labute approximate surface area is 153 Å². The van der Waals surface area contributed by atoms with Crippen molar-refractivity contribution in [2.75, 3.05) is 4.90 Å². The Kier molecular flexibility index (Phi) is 3.45. The molecule has 1 aromatic heterocycles. The van der Waals surface area contributed by atoms with Crippen molar-refractivity contribution in [1.29, 1.82) is 0 Å². The molecule has 3 fully saturated rings. The van der Waals surface area contributed by atoms with Crippen LogP contribution in [0.4, 0.5) is 10.2 Å². The molecule has 6 nitrogen and oxygen atoms in total. The van der Waals surface area contributed by atoms with Gasteiger partial charge in [-0.1, -0.05) is 23.7 Å². The third-order valence-corrected chi connectivity index (χ3v) is 5.70. The van der Waals surface area contributed by atoms with E-state index in [2.05, 4.69) is 5.10 Å². The lowest BCUT2D eigenvalue weighted by molar-refractivity contribution is -0.124. The summed E-state index contributed by atoms with van der Waals surface area (Å²) in [7, 11) is 0. The number of anilines is 1. The molecule has 26 heavy (non-hydrogen) atoms. The Bertz CT molecular complexity index is 902. The number of hydrogen-bond acceptors (Lipinski definition) is 4. The predicted molar refractivity (Wildman–Crippen MR) is 90.1 cm³/mol. The largest absolute Gasteiger partial charge is 0.373 e. The van der Waals surface area contributed by atoms with Crippen molar-refractivity contribution in [3.05, 3.63) is 46.9 Å². The van der Waals surface area contributed by atoms with Crippen LogP contribution in [0.5, 0.6) is 0 Å². The average molecular weight is 376 g/mol. The van der Waals surface area contributed by atoms with Gasteiger partial charge in [0.15, 0.2) is 5.82 Å². The zero-order chi connectivity index (χ0) is 18.0. The van der Waals surface area contributed by atoms with Crippen LogP contribution in [0.25, 0.3) is 0 Å². The third-order valence-electron chi connectivity index (χ3n) is 5.43. The number of carbonyl (C=O) groups is 2. The molecule has 1 aromatic carbocycles. The molecule has 3 aliphatic rings. The standard InChI is InChI=1S/C18H15ClFN3O3/c19-11-8-22(7-9-2-1-3-10(20)6-9)21-16(11)23-17(24)14-12-4-5-13(26-12)15(14)18(23)25/h1-3,6,8,12-15H,4-5,7H2/t12-,13-,14-,15+/m1/s1. The molecule has 0 aliphatic carbocycles. The van der Waals surface area contributed by atoms with Crippen molar-refractivity contribution < 1.29 is 18.7 Å². The van der Waals surface area contributed by atoms with E-state index in [1.54, 1.807) is 18.3 Å². The molecule has 134 valence electrons. The Morgan fingerprint density at radius 1 is 1.19 bits per heavy atom. The second-order valence-corrected chi connectivity index (χ2v) is 7.39. The summed E-state index contributed by atoms with van der Waals surface area (Å²) in [4.78, 5) is 26.7. The van der Waals surface area contributed by atoms with E-state index >= 15 is 0 Å². The third kappa shape index (κ3) is 2.23. The van der Waals surface area contributed by atoms with Gasteiger partial charge < -0.3 is 4.74 Å². The fourth-order valence-corrected chi connectivity index (χ4v) is 4.60. The molecule has 4 atom stereocenters. The Morgan fingerprint density at radius 2 is 1.88 bits per heavy atom. The first-order valence-corrected chi connectivity index (χ1v) is 8.91. The van der Waals surface area contributed by atoms with Gasteiger partial charge in [0.25, 0.3) is 0 Å². The van der Waals surface area contributed by atoms with Gasteiger partial charge in [0.2, 0.25) is 11.8 Å². The molecule has 4 heterocycles. The zero-order valence-corrected chi connectivity index (χ0v) is 14.4. The number of hydrogen-bond donors (Lipinski definition) is 0. The molecule has 2 amide bonds. The Balaban J connectivity index is 1.45. The number of amides is 2. The van der Waals surface area contributed by atoms with Crippen LogP contribution in [0.2, 0.25) is 5.02 Å². The molecule has 2 aromatic rings. The molecule has 0 N–H and O–H groups in total. The maximum Gasteiger partial charge on any atom is 0.241 e. The highest BCUT2D eigenvalue weighted by Gasteiger charge is 2.63. The summed E-state index contributed by atoms with van der Waals surface area (Å²) < 4.78 is 20.6. The molecule has 3 saturated heterocycles. The van der Waals surface area contributed by atoms with Crippen LogP contribution in [-0.2, 0) is 20.9 Å². The molecule has 0 unspecified atom stereocenters. The SMILES string of the molecule is O=C1[C@@H]2[C@H](C(=O)N1c1nn(Cc3cccc(F)c3)cc1Cl)[C@H]1CC[C@H]2O1. The van der Waals surface area contributed by atoms with Crippen LogP contribution in [0.1, 0.15) is 18.4 Å². The lowest BCUT2D eigenvalue weighted by Gasteiger charge is -2.15. The highest BCUT2D eigenvalue weighted by Crippen LogP contribution is 2.49. The van der Waals surface area contributed by atoms with Gasteiger partial charge in [0, 0.05) is 6.20 Å². The van der Waals surface area contributed by atoms with E-state index < -0.39 is 11.8 Å². The number of ether oxygens (including phenoxy) is 1. The van der Waals surface area contributed by atoms with Crippen molar-refractivity contribution in [3.63, 3.8) is 0 Å². The fourth-order valence-electron chi connectivity index (χ4n) is 4.36. The molecule has 2 bridgehead atoms. The Morgan fingerprint density at radius 3 is 2.54 bits per heavy atom. The van der Waals surface area contributed by atoms with Crippen molar-refractivity contribution in [1.82, 2.24) is 9.78 Å². The van der Waals surface area contributed by atoms with E-state index in [1.165, 1.54) is 16.8 Å². The quantitative estimate of drug-likeness (QED) is 0.773. The van der Waals surface area contributed by atoms with E-state index in [0.29, 0.717) is 5.56 Å². The average Bonchev–Trinajstić information content (AvgIpc) is 3.33. The van der Waals surface area contributed by atoms with Crippen molar-refractivity contribution in [2.24, 2.45) is 11.8 Å². The van der Waals surface area contributed by atoms with Crippen LogP contribution in [0.3, 0.4) is 0 Å². The Hall–Kier alpha value is -2.25. The highest BCUT2D eigenvalue weighted by molar-refractivity contribution is 6.35. The number of carbonyl (C=O) groups excluding carboxylic acids is 2. The van der Waals surface area contributed by atoms with Gasteiger partial charge in [0.05, 0.1) is 30.6 Å². The van der Waals surface area contributed by atoms with E-state index in [4.69, 9.17) is 16.3 Å². The summed E-state index contributed by atoms with van der Waals surface area (Å²) in [5.74, 6) is -1.62. The first-order chi connectivity index (χ1) is 12.5. The first kappa shape index (κ1) is 16.0. The number of benzene rings is 1. The van der Waals surface area contributed by atoms with E-state index in [1.807, 2.05) is 0 Å². The minimum absolute atomic E-state index is 0.145. The minimum atomic E-state index is -0.425. The smallest absolute Gasteiger partial charge is 0.241 e. The van der Waals surface area contributed by atoms with E-state index in [0.717, 1.165) is 17.7 Å². The van der Waals surface area contributed by atoms with E-state index in [9.17, 15) is 14.0 Å². The second-order valence-electron chi connectivity index (χ2n) is 6.98. The van der Waals surface area contributed by atoms with Crippen LogP contribution in [-0.4, -0.2) is 33.8 Å². The molecular formula is C18H15ClFN3O3. The van der Waals surface area contributed by atoms with Gasteiger partial charge in [-0.3, -0.25) is 14.3 Å². The topological polar surface area (TPSA) is 64.4 Å². The zero-order valence-electron chi connectivity index (χ0n) is 13.6. The predicted octanol–water partition coefficient (Wildman–Crippen LogP) is 2.39. The van der Waals surface area contributed by atoms with Gasteiger partial charge in [-0.25, -0.2) is 9.29 Å². The monoisotopic (exact) mass is 375 g/mol. The minimum Gasteiger partial charge on any atom is -0.373 e.